The first-order valence-electron chi connectivity index (χ1n) is 7.43. The maximum Gasteiger partial charge on any atom is 0.128 e. The molecule has 0 fully saturated rings. The number of thioether (sulfide) groups is 1. The molecule has 0 aliphatic carbocycles. The Kier molecular flexibility index (Phi) is 10.5. The molecule has 1 unspecified atom stereocenters. The first-order valence-corrected chi connectivity index (χ1v) is 8.82. The fourth-order valence-corrected chi connectivity index (χ4v) is 2.41. The van der Waals surface area contributed by atoms with Crippen molar-refractivity contribution in [1.29, 1.82) is 0 Å². The number of benzene rings is 1. The molecule has 0 aliphatic rings. The second kappa shape index (κ2) is 12.0. The van der Waals surface area contributed by atoms with E-state index in [0.29, 0.717) is 12.1 Å². The summed E-state index contributed by atoms with van der Waals surface area (Å²) in [5, 5.41) is 13.0. The van der Waals surface area contributed by atoms with Crippen molar-refractivity contribution in [3.63, 3.8) is 0 Å². The molecule has 1 atom stereocenters. The van der Waals surface area contributed by atoms with Gasteiger partial charge in [0.1, 0.15) is 5.82 Å². The molecule has 0 saturated carbocycles. The predicted molar refractivity (Wildman–Crippen MR) is 87.2 cm³/mol. The fourth-order valence-electron chi connectivity index (χ4n) is 1.92. The minimum absolute atomic E-state index is 0.193. The molecule has 120 valence electrons. The second-order valence-corrected chi connectivity index (χ2v) is 6.00. The van der Waals surface area contributed by atoms with Crippen molar-refractivity contribution in [3.8, 4) is 0 Å². The zero-order chi connectivity index (χ0) is 15.3. The molecule has 0 aromatic heterocycles. The third-order valence-electron chi connectivity index (χ3n) is 3.11. The Bertz CT molecular complexity index is 379. The Labute approximate surface area is 131 Å². The van der Waals surface area contributed by atoms with Crippen LogP contribution in [-0.4, -0.2) is 42.9 Å². The quantitative estimate of drug-likeness (QED) is 0.582. The van der Waals surface area contributed by atoms with Gasteiger partial charge in [0.05, 0.1) is 19.3 Å². The lowest BCUT2D eigenvalue weighted by molar-refractivity contribution is 0.0279. The molecule has 0 saturated heterocycles. The zero-order valence-electron chi connectivity index (χ0n) is 12.7. The molecular weight excluding hydrogens is 289 g/mol. The maximum absolute atomic E-state index is 13.3. The summed E-state index contributed by atoms with van der Waals surface area (Å²) in [5.74, 6) is 0.947. The van der Waals surface area contributed by atoms with Crippen molar-refractivity contribution in [1.82, 2.24) is 5.32 Å². The molecule has 2 N–H and O–H groups in total. The lowest BCUT2D eigenvalue weighted by Gasteiger charge is -2.12. The minimum atomic E-state index is -0.553. The Morgan fingerprint density at radius 3 is 2.86 bits per heavy atom. The molecule has 1 rings (SSSR count). The fraction of sp³-hybridized carbons (Fsp3) is 0.625. The van der Waals surface area contributed by atoms with Crippen LogP contribution < -0.4 is 5.32 Å². The molecule has 0 spiro atoms. The standard InChI is InChI=1S/C16H26FNO2S/c1-21-10-6-2-5-9-18-11-15(19)13-20-12-14-7-3-4-8-16(14)17/h3-4,7-8,15,18-19H,2,5-6,9-13H2,1H3. The first kappa shape index (κ1) is 18.4. The summed E-state index contributed by atoms with van der Waals surface area (Å²) in [6.45, 7) is 1.84. The molecule has 0 aliphatic heterocycles. The highest BCUT2D eigenvalue weighted by Crippen LogP contribution is 2.07. The topological polar surface area (TPSA) is 41.5 Å². The zero-order valence-corrected chi connectivity index (χ0v) is 13.5. The van der Waals surface area contributed by atoms with Gasteiger partial charge in [-0.2, -0.15) is 11.8 Å². The van der Waals surface area contributed by atoms with Crippen molar-refractivity contribution in [2.75, 3.05) is 31.7 Å². The average Bonchev–Trinajstić information content (AvgIpc) is 2.48. The van der Waals surface area contributed by atoms with Crippen LogP contribution in [0.1, 0.15) is 24.8 Å². The minimum Gasteiger partial charge on any atom is -0.389 e. The Hall–Kier alpha value is -0.620. The van der Waals surface area contributed by atoms with Crippen LogP contribution in [0.15, 0.2) is 24.3 Å². The number of hydrogen-bond donors (Lipinski definition) is 2. The van der Waals surface area contributed by atoms with E-state index < -0.39 is 6.10 Å². The van der Waals surface area contributed by atoms with Gasteiger partial charge < -0.3 is 15.2 Å². The number of nitrogens with one attached hydrogen (secondary N) is 1. The molecule has 0 amide bonds. The van der Waals surface area contributed by atoms with Gasteiger partial charge in [-0.3, -0.25) is 0 Å². The lowest BCUT2D eigenvalue weighted by atomic mass is 10.2. The highest BCUT2D eigenvalue weighted by atomic mass is 32.2. The Morgan fingerprint density at radius 1 is 1.29 bits per heavy atom. The van der Waals surface area contributed by atoms with Crippen LogP contribution in [0, 0.1) is 5.82 Å². The smallest absolute Gasteiger partial charge is 0.128 e. The van der Waals surface area contributed by atoms with Crippen LogP contribution in [0.25, 0.3) is 0 Å². The molecule has 0 radical (unpaired) electrons. The summed E-state index contributed by atoms with van der Waals surface area (Å²) >= 11 is 1.87. The number of rotatable bonds is 12. The van der Waals surface area contributed by atoms with Crippen LogP contribution >= 0.6 is 11.8 Å². The third kappa shape index (κ3) is 9.09. The number of aliphatic hydroxyl groups is 1. The summed E-state index contributed by atoms with van der Waals surface area (Å²) in [4.78, 5) is 0. The lowest BCUT2D eigenvalue weighted by Crippen LogP contribution is -2.31. The van der Waals surface area contributed by atoms with Crippen LogP contribution in [0.4, 0.5) is 4.39 Å². The Balaban J connectivity index is 1.99. The monoisotopic (exact) mass is 315 g/mol. The van der Waals surface area contributed by atoms with Gasteiger partial charge >= 0.3 is 0 Å². The largest absolute Gasteiger partial charge is 0.389 e. The van der Waals surface area contributed by atoms with E-state index in [1.54, 1.807) is 18.2 Å². The second-order valence-electron chi connectivity index (χ2n) is 5.02. The molecule has 1 aromatic rings. The van der Waals surface area contributed by atoms with Crippen molar-refractivity contribution in [2.24, 2.45) is 0 Å². The van der Waals surface area contributed by atoms with E-state index in [1.807, 2.05) is 11.8 Å². The normalized spacial score (nSPS) is 12.5. The van der Waals surface area contributed by atoms with Gasteiger partial charge in [-0.1, -0.05) is 24.6 Å². The molecule has 1 aromatic carbocycles. The molecule has 5 heteroatoms. The van der Waals surface area contributed by atoms with E-state index in [1.165, 1.54) is 24.7 Å². The van der Waals surface area contributed by atoms with Gasteiger partial charge in [0.25, 0.3) is 0 Å². The molecule has 3 nitrogen and oxygen atoms in total. The van der Waals surface area contributed by atoms with Crippen molar-refractivity contribution in [3.05, 3.63) is 35.6 Å². The van der Waals surface area contributed by atoms with Gasteiger partial charge in [0.15, 0.2) is 0 Å². The summed E-state index contributed by atoms with van der Waals surface area (Å²) in [5.41, 5.74) is 0.520. The maximum atomic E-state index is 13.3. The summed E-state index contributed by atoms with van der Waals surface area (Å²) in [6.07, 6.45) is 5.16. The average molecular weight is 315 g/mol. The number of unbranched alkanes of at least 4 members (excludes halogenated alkanes) is 2. The first-order chi connectivity index (χ1) is 10.2. The van der Waals surface area contributed by atoms with E-state index in [9.17, 15) is 9.50 Å². The van der Waals surface area contributed by atoms with Crippen LogP contribution in [0.2, 0.25) is 0 Å². The van der Waals surface area contributed by atoms with E-state index in [0.717, 1.165) is 13.0 Å². The van der Waals surface area contributed by atoms with E-state index in [-0.39, 0.29) is 19.0 Å². The predicted octanol–water partition coefficient (Wildman–Crippen LogP) is 2.83. The SMILES string of the molecule is CSCCCCCNCC(O)COCc1ccccc1F. The van der Waals surface area contributed by atoms with Gasteiger partial charge in [-0.25, -0.2) is 4.39 Å². The summed E-state index contributed by atoms with van der Waals surface area (Å²) in [6, 6.07) is 6.52. The van der Waals surface area contributed by atoms with Crippen LogP contribution in [0.5, 0.6) is 0 Å². The number of aliphatic hydroxyl groups excluding tert-OH is 1. The number of hydrogen-bond acceptors (Lipinski definition) is 4. The van der Waals surface area contributed by atoms with Gasteiger partial charge in [0.2, 0.25) is 0 Å². The van der Waals surface area contributed by atoms with E-state index in [2.05, 4.69) is 11.6 Å². The Morgan fingerprint density at radius 2 is 2.10 bits per heavy atom. The number of halogens is 1. The van der Waals surface area contributed by atoms with Gasteiger partial charge in [0, 0.05) is 12.1 Å². The molecule has 0 heterocycles. The van der Waals surface area contributed by atoms with Crippen LogP contribution in [0.3, 0.4) is 0 Å². The number of ether oxygens (including phenoxy) is 1. The van der Waals surface area contributed by atoms with E-state index in [4.69, 9.17) is 4.74 Å². The molecule has 0 bridgehead atoms. The highest BCUT2D eigenvalue weighted by molar-refractivity contribution is 7.98. The van der Waals surface area contributed by atoms with Gasteiger partial charge in [-0.05, 0) is 37.5 Å². The summed E-state index contributed by atoms with van der Waals surface area (Å²) in [7, 11) is 0. The third-order valence-corrected chi connectivity index (χ3v) is 3.80. The summed E-state index contributed by atoms with van der Waals surface area (Å²) < 4.78 is 18.7. The van der Waals surface area contributed by atoms with Crippen molar-refractivity contribution >= 4 is 11.8 Å². The van der Waals surface area contributed by atoms with Crippen LogP contribution in [-0.2, 0) is 11.3 Å². The van der Waals surface area contributed by atoms with Crippen molar-refractivity contribution in [2.45, 2.75) is 32.0 Å². The van der Waals surface area contributed by atoms with Gasteiger partial charge in [-0.15, -0.1) is 0 Å². The molecule has 21 heavy (non-hydrogen) atoms. The highest BCUT2D eigenvalue weighted by Gasteiger charge is 2.05. The molecular formula is C16H26FNO2S. The van der Waals surface area contributed by atoms with E-state index >= 15 is 0 Å². The van der Waals surface area contributed by atoms with Crippen molar-refractivity contribution < 1.29 is 14.2 Å².